The Balaban J connectivity index is 1.25. The summed E-state index contributed by atoms with van der Waals surface area (Å²) in [5, 5.41) is 1.07. The molecule has 0 saturated carbocycles. The third-order valence-corrected chi connectivity index (χ3v) is 4.66. The van der Waals surface area contributed by atoms with Crippen LogP contribution >= 0.6 is 0 Å². The first-order valence-corrected chi connectivity index (χ1v) is 8.80. The molecule has 6 nitrogen and oxygen atoms in total. The highest BCUT2D eigenvalue weighted by molar-refractivity contribution is 5.94. The van der Waals surface area contributed by atoms with E-state index < -0.39 is 0 Å². The summed E-state index contributed by atoms with van der Waals surface area (Å²) >= 11 is 0. The molecule has 0 bridgehead atoms. The van der Waals surface area contributed by atoms with Crippen molar-refractivity contribution >= 4 is 27.8 Å². The maximum Gasteiger partial charge on any atom is 0.274 e. The van der Waals surface area contributed by atoms with Crippen LogP contribution in [-0.4, -0.2) is 45.0 Å². The minimum atomic E-state index is -0.125. The van der Waals surface area contributed by atoms with Gasteiger partial charge >= 0.3 is 0 Å². The third kappa shape index (κ3) is 2.95. The Labute approximate surface area is 155 Å². The van der Waals surface area contributed by atoms with E-state index in [1.807, 2.05) is 60.7 Å². The number of ether oxygens (including phenoxy) is 1. The highest BCUT2D eigenvalue weighted by atomic mass is 16.5. The number of carbonyl (C=O) groups excluding carboxylic acids is 1. The molecule has 6 heteroatoms. The van der Waals surface area contributed by atoms with Gasteiger partial charge in [-0.1, -0.05) is 30.3 Å². The number of para-hydroxylation sites is 3. The van der Waals surface area contributed by atoms with Crippen LogP contribution in [0.5, 0.6) is 5.88 Å². The lowest BCUT2D eigenvalue weighted by molar-refractivity contribution is 0.0157. The molecule has 2 aromatic heterocycles. The number of aromatic nitrogens is 3. The number of hydrogen-bond donors (Lipinski definition) is 0. The number of likely N-dealkylation sites (tertiary alicyclic amines) is 1. The van der Waals surface area contributed by atoms with Gasteiger partial charge in [0.15, 0.2) is 0 Å². The molecule has 2 aromatic carbocycles. The Kier molecular flexibility index (Phi) is 3.67. The van der Waals surface area contributed by atoms with E-state index >= 15 is 0 Å². The molecule has 0 atom stereocenters. The third-order valence-electron chi connectivity index (χ3n) is 4.66. The van der Waals surface area contributed by atoms with E-state index in [0.717, 1.165) is 21.9 Å². The van der Waals surface area contributed by atoms with Gasteiger partial charge in [0.1, 0.15) is 11.8 Å². The second-order valence-electron chi connectivity index (χ2n) is 6.54. The van der Waals surface area contributed by atoms with Crippen LogP contribution in [0.25, 0.3) is 21.9 Å². The summed E-state index contributed by atoms with van der Waals surface area (Å²) < 4.78 is 5.90. The Bertz CT molecular complexity index is 1150. The van der Waals surface area contributed by atoms with Gasteiger partial charge in [0, 0.05) is 11.5 Å². The van der Waals surface area contributed by atoms with Gasteiger partial charge in [0.25, 0.3) is 5.91 Å². The smallest absolute Gasteiger partial charge is 0.274 e. The summed E-state index contributed by atoms with van der Waals surface area (Å²) in [5.41, 5.74) is 2.75. The molecule has 0 aliphatic carbocycles. The number of carbonyl (C=O) groups is 1. The number of amides is 1. The Morgan fingerprint density at radius 3 is 2.48 bits per heavy atom. The first kappa shape index (κ1) is 15.7. The predicted molar refractivity (Wildman–Crippen MR) is 102 cm³/mol. The van der Waals surface area contributed by atoms with Crippen LogP contribution in [-0.2, 0) is 0 Å². The predicted octanol–water partition coefficient (Wildman–Crippen LogP) is 3.08. The fourth-order valence-corrected chi connectivity index (χ4v) is 3.18. The SMILES string of the molecule is O=C(c1cnc2ccccc2n1)N1CC(Oc2ccc3ccccc3n2)C1. The van der Waals surface area contributed by atoms with Gasteiger partial charge < -0.3 is 9.64 Å². The summed E-state index contributed by atoms with van der Waals surface area (Å²) in [5.74, 6) is 0.455. The molecular formula is C21H16N4O2. The molecule has 27 heavy (non-hydrogen) atoms. The van der Waals surface area contributed by atoms with Crippen molar-refractivity contribution in [2.75, 3.05) is 13.1 Å². The standard InChI is InChI=1S/C21H16N4O2/c26-21(19-11-22-17-7-3-4-8-18(17)23-19)25-12-15(13-25)27-20-10-9-14-5-1-2-6-16(14)24-20/h1-11,15H,12-13H2. The number of nitrogens with zero attached hydrogens (tertiary/aromatic N) is 4. The zero-order chi connectivity index (χ0) is 18.2. The van der Waals surface area contributed by atoms with Gasteiger partial charge in [-0.3, -0.25) is 9.78 Å². The molecule has 4 aromatic rings. The molecule has 0 spiro atoms. The molecule has 3 heterocycles. The van der Waals surface area contributed by atoms with Gasteiger partial charge in [-0.05, 0) is 24.3 Å². The Hall–Kier alpha value is -3.54. The van der Waals surface area contributed by atoms with Gasteiger partial charge in [0.05, 0.1) is 35.8 Å². The van der Waals surface area contributed by atoms with Crippen LogP contribution in [0.3, 0.4) is 0 Å². The quantitative estimate of drug-likeness (QED) is 0.564. The van der Waals surface area contributed by atoms with Crippen molar-refractivity contribution in [3.63, 3.8) is 0 Å². The second kappa shape index (κ2) is 6.32. The van der Waals surface area contributed by atoms with Crippen LogP contribution in [0.15, 0.2) is 66.9 Å². The van der Waals surface area contributed by atoms with Crippen molar-refractivity contribution in [2.45, 2.75) is 6.10 Å². The maximum absolute atomic E-state index is 12.6. The van der Waals surface area contributed by atoms with E-state index in [4.69, 9.17) is 4.74 Å². The van der Waals surface area contributed by atoms with Gasteiger partial charge in [-0.15, -0.1) is 0 Å². The van der Waals surface area contributed by atoms with E-state index in [9.17, 15) is 4.79 Å². The number of rotatable bonds is 3. The summed E-state index contributed by atoms with van der Waals surface area (Å²) in [4.78, 5) is 27.5. The van der Waals surface area contributed by atoms with Gasteiger partial charge in [0.2, 0.25) is 5.88 Å². The van der Waals surface area contributed by atoms with E-state index in [1.54, 1.807) is 4.90 Å². The van der Waals surface area contributed by atoms with Crippen LogP contribution in [0.1, 0.15) is 10.5 Å². The molecule has 132 valence electrons. The number of benzene rings is 2. The van der Waals surface area contributed by atoms with Crippen LogP contribution in [0.4, 0.5) is 0 Å². The van der Waals surface area contributed by atoms with Gasteiger partial charge in [-0.2, -0.15) is 0 Å². The second-order valence-corrected chi connectivity index (χ2v) is 6.54. The van der Waals surface area contributed by atoms with Crippen molar-refractivity contribution in [3.05, 3.63) is 72.6 Å². The summed E-state index contributed by atoms with van der Waals surface area (Å²) in [6.07, 6.45) is 1.47. The van der Waals surface area contributed by atoms with Crippen molar-refractivity contribution < 1.29 is 9.53 Å². The summed E-state index contributed by atoms with van der Waals surface area (Å²) in [7, 11) is 0. The van der Waals surface area contributed by atoms with Crippen LogP contribution in [0.2, 0.25) is 0 Å². The largest absolute Gasteiger partial charge is 0.471 e. The summed E-state index contributed by atoms with van der Waals surface area (Å²) in [6, 6.07) is 19.3. The molecule has 1 saturated heterocycles. The first-order chi connectivity index (χ1) is 13.3. The van der Waals surface area contributed by atoms with Crippen molar-refractivity contribution in [3.8, 4) is 5.88 Å². The number of pyridine rings is 1. The molecule has 0 unspecified atom stereocenters. The van der Waals surface area contributed by atoms with Crippen molar-refractivity contribution in [1.29, 1.82) is 0 Å². The molecule has 0 N–H and O–H groups in total. The fraction of sp³-hybridized carbons (Fsp3) is 0.143. The zero-order valence-electron chi connectivity index (χ0n) is 14.4. The summed E-state index contributed by atoms with van der Waals surface area (Å²) in [6.45, 7) is 1.03. The number of hydrogen-bond acceptors (Lipinski definition) is 5. The van der Waals surface area contributed by atoms with Crippen LogP contribution < -0.4 is 4.74 Å². The monoisotopic (exact) mass is 356 g/mol. The van der Waals surface area contributed by atoms with Crippen molar-refractivity contribution in [2.24, 2.45) is 0 Å². The Morgan fingerprint density at radius 2 is 1.63 bits per heavy atom. The molecule has 0 radical (unpaired) electrons. The highest BCUT2D eigenvalue weighted by Gasteiger charge is 2.34. The van der Waals surface area contributed by atoms with Crippen LogP contribution in [0, 0.1) is 0 Å². The normalized spacial score (nSPS) is 14.3. The highest BCUT2D eigenvalue weighted by Crippen LogP contribution is 2.21. The van der Waals surface area contributed by atoms with E-state index in [2.05, 4.69) is 15.0 Å². The maximum atomic E-state index is 12.6. The van der Waals surface area contributed by atoms with E-state index in [-0.39, 0.29) is 12.0 Å². The van der Waals surface area contributed by atoms with E-state index in [1.165, 1.54) is 6.20 Å². The average Bonchev–Trinajstić information content (AvgIpc) is 2.69. The number of fused-ring (bicyclic) bond motifs is 2. The molecule has 1 amide bonds. The Morgan fingerprint density at radius 1 is 0.889 bits per heavy atom. The molecule has 1 aliphatic heterocycles. The lowest BCUT2D eigenvalue weighted by Gasteiger charge is -2.38. The average molecular weight is 356 g/mol. The molecule has 5 rings (SSSR count). The molecule has 1 aliphatic rings. The van der Waals surface area contributed by atoms with Crippen molar-refractivity contribution in [1.82, 2.24) is 19.9 Å². The topological polar surface area (TPSA) is 68.2 Å². The first-order valence-electron chi connectivity index (χ1n) is 8.80. The lowest BCUT2D eigenvalue weighted by atomic mass is 10.1. The van der Waals surface area contributed by atoms with Gasteiger partial charge in [-0.25, -0.2) is 9.97 Å². The zero-order valence-corrected chi connectivity index (χ0v) is 14.4. The minimum Gasteiger partial charge on any atom is -0.471 e. The lowest BCUT2D eigenvalue weighted by Crippen LogP contribution is -2.56. The molecule has 1 fully saturated rings. The molecular weight excluding hydrogens is 340 g/mol. The fourth-order valence-electron chi connectivity index (χ4n) is 3.18. The minimum absolute atomic E-state index is 0.0592. The van der Waals surface area contributed by atoms with E-state index in [0.29, 0.717) is 24.7 Å².